The van der Waals surface area contributed by atoms with Crippen LogP contribution in [0.4, 0.5) is 0 Å². The molecule has 5 heteroatoms. The first-order valence-corrected chi connectivity index (χ1v) is 8.14. The van der Waals surface area contributed by atoms with Crippen molar-refractivity contribution in [3.05, 3.63) is 29.8 Å². The fraction of sp³-hybridized carbons (Fsp3) is 0.500. The Hall–Kier alpha value is -1.49. The Kier molecular flexibility index (Phi) is 5.28. The van der Waals surface area contributed by atoms with Gasteiger partial charge in [0.05, 0.1) is 5.92 Å². The van der Waals surface area contributed by atoms with Crippen LogP contribution in [-0.2, 0) is 4.79 Å². The molecule has 0 spiro atoms. The number of carboxylic acids is 1. The molecule has 0 bridgehead atoms. The van der Waals surface area contributed by atoms with Crippen molar-refractivity contribution in [2.75, 3.05) is 0 Å². The van der Waals surface area contributed by atoms with E-state index in [1.807, 2.05) is 24.3 Å². The van der Waals surface area contributed by atoms with Crippen LogP contribution in [-0.4, -0.2) is 28.3 Å². The number of aliphatic carboxylic acids is 1. The third-order valence-corrected chi connectivity index (χ3v) is 4.62. The van der Waals surface area contributed by atoms with Crippen LogP contribution in [0.15, 0.2) is 29.2 Å². The molecule has 1 saturated carbocycles. The van der Waals surface area contributed by atoms with Crippen LogP contribution in [0.2, 0.25) is 0 Å². The van der Waals surface area contributed by atoms with E-state index < -0.39 is 5.97 Å². The molecule has 1 aromatic rings. The molecule has 1 fully saturated rings. The van der Waals surface area contributed by atoms with Gasteiger partial charge >= 0.3 is 5.97 Å². The Bertz CT molecular complexity index is 513. The summed E-state index contributed by atoms with van der Waals surface area (Å²) in [5.74, 6) is -1.20. The summed E-state index contributed by atoms with van der Waals surface area (Å²) in [6.07, 6.45) is 1.91. The minimum Gasteiger partial charge on any atom is -0.481 e. The lowest BCUT2D eigenvalue weighted by atomic mass is 10.1. The van der Waals surface area contributed by atoms with Crippen molar-refractivity contribution in [2.45, 2.75) is 49.3 Å². The zero-order valence-electron chi connectivity index (χ0n) is 12.3. The Morgan fingerprint density at radius 3 is 2.43 bits per heavy atom. The molecule has 0 radical (unpaired) electrons. The van der Waals surface area contributed by atoms with Gasteiger partial charge in [0.25, 0.3) is 5.91 Å². The first-order chi connectivity index (χ1) is 9.95. The lowest BCUT2D eigenvalue weighted by molar-refractivity contribution is -0.141. The van der Waals surface area contributed by atoms with Crippen LogP contribution in [0.1, 0.15) is 43.5 Å². The summed E-state index contributed by atoms with van der Waals surface area (Å²) in [4.78, 5) is 24.2. The molecule has 21 heavy (non-hydrogen) atoms. The van der Waals surface area contributed by atoms with E-state index in [1.165, 1.54) is 0 Å². The van der Waals surface area contributed by atoms with Crippen molar-refractivity contribution < 1.29 is 14.7 Å². The maximum Gasteiger partial charge on any atom is 0.306 e. The number of carbonyl (C=O) groups is 2. The van der Waals surface area contributed by atoms with Gasteiger partial charge in [0, 0.05) is 21.8 Å². The van der Waals surface area contributed by atoms with Gasteiger partial charge in [-0.05, 0) is 43.5 Å². The van der Waals surface area contributed by atoms with Gasteiger partial charge in [-0.2, -0.15) is 0 Å². The summed E-state index contributed by atoms with van der Waals surface area (Å²) in [6.45, 7) is 4.26. The van der Waals surface area contributed by atoms with Crippen molar-refractivity contribution in [3.8, 4) is 0 Å². The van der Waals surface area contributed by atoms with Gasteiger partial charge < -0.3 is 10.4 Å². The Morgan fingerprint density at radius 2 is 1.90 bits per heavy atom. The number of amides is 1. The molecule has 2 rings (SSSR count). The summed E-state index contributed by atoms with van der Waals surface area (Å²) in [6, 6.07) is 7.53. The van der Waals surface area contributed by atoms with Gasteiger partial charge in [0.15, 0.2) is 0 Å². The number of carbonyl (C=O) groups excluding carboxylic acids is 1. The predicted molar refractivity (Wildman–Crippen MR) is 83.7 cm³/mol. The van der Waals surface area contributed by atoms with Gasteiger partial charge in [-0.1, -0.05) is 13.8 Å². The highest BCUT2D eigenvalue weighted by atomic mass is 32.2. The first-order valence-electron chi connectivity index (χ1n) is 7.26. The lowest BCUT2D eigenvalue weighted by Gasteiger charge is -2.13. The van der Waals surface area contributed by atoms with E-state index >= 15 is 0 Å². The highest BCUT2D eigenvalue weighted by Crippen LogP contribution is 2.26. The zero-order valence-corrected chi connectivity index (χ0v) is 13.2. The van der Waals surface area contributed by atoms with E-state index in [0.717, 1.165) is 11.3 Å². The molecule has 0 saturated heterocycles. The van der Waals surface area contributed by atoms with E-state index in [1.54, 1.807) is 11.8 Å². The summed E-state index contributed by atoms with van der Waals surface area (Å²) >= 11 is 1.76. The zero-order chi connectivity index (χ0) is 15.4. The third kappa shape index (κ3) is 4.49. The summed E-state index contributed by atoms with van der Waals surface area (Å²) in [5, 5.41) is 12.4. The molecule has 0 unspecified atom stereocenters. The average molecular weight is 307 g/mol. The number of carboxylic acid groups (broad SMARTS) is 1. The predicted octanol–water partition coefficient (Wildman–Crippen LogP) is 3.17. The van der Waals surface area contributed by atoms with E-state index in [-0.39, 0.29) is 17.9 Å². The van der Waals surface area contributed by atoms with Gasteiger partial charge in [-0.15, -0.1) is 11.8 Å². The number of thioether (sulfide) groups is 1. The SMILES string of the molecule is CC(C)Sc1ccc(C(=O)N[C@H]2CC[C@@H](C(=O)O)C2)cc1. The molecule has 114 valence electrons. The number of benzene rings is 1. The molecule has 0 aromatic heterocycles. The number of rotatable bonds is 5. The van der Waals surface area contributed by atoms with Crippen LogP contribution >= 0.6 is 11.8 Å². The Balaban J connectivity index is 1.90. The normalized spacial score (nSPS) is 21.5. The summed E-state index contributed by atoms with van der Waals surface area (Å²) in [7, 11) is 0. The molecule has 2 N–H and O–H groups in total. The van der Waals surface area contributed by atoms with E-state index in [9.17, 15) is 9.59 Å². The lowest BCUT2D eigenvalue weighted by Crippen LogP contribution is -2.33. The number of hydrogen-bond donors (Lipinski definition) is 2. The second-order valence-corrected chi connectivity index (χ2v) is 7.36. The molecule has 0 aliphatic heterocycles. The molecular formula is C16H21NO3S. The fourth-order valence-corrected chi connectivity index (χ4v) is 3.40. The van der Waals surface area contributed by atoms with E-state index in [0.29, 0.717) is 23.7 Å². The quantitative estimate of drug-likeness (QED) is 0.820. The second kappa shape index (κ2) is 6.98. The van der Waals surface area contributed by atoms with Crippen molar-refractivity contribution in [2.24, 2.45) is 5.92 Å². The first kappa shape index (κ1) is 15.9. The minimum atomic E-state index is -0.762. The minimum absolute atomic E-state index is 0.0247. The standard InChI is InChI=1S/C16H21NO3S/c1-10(2)21-14-7-4-11(5-8-14)15(18)17-13-6-3-12(9-13)16(19)20/h4-5,7-8,10,12-13H,3,6,9H2,1-2H3,(H,17,18)(H,19,20)/t12-,13+/m1/s1. The molecule has 2 atom stereocenters. The van der Waals surface area contributed by atoms with E-state index in [4.69, 9.17) is 5.11 Å². The van der Waals surface area contributed by atoms with Crippen molar-refractivity contribution in [3.63, 3.8) is 0 Å². The van der Waals surface area contributed by atoms with Crippen LogP contribution in [0.5, 0.6) is 0 Å². The number of nitrogens with one attached hydrogen (secondary N) is 1. The van der Waals surface area contributed by atoms with Crippen LogP contribution in [0.3, 0.4) is 0 Å². The maximum absolute atomic E-state index is 12.1. The largest absolute Gasteiger partial charge is 0.481 e. The number of hydrogen-bond acceptors (Lipinski definition) is 3. The molecule has 1 aromatic carbocycles. The highest BCUT2D eigenvalue weighted by Gasteiger charge is 2.30. The smallest absolute Gasteiger partial charge is 0.306 e. The van der Waals surface area contributed by atoms with Gasteiger partial charge in [0.1, 0.15) is 0 Å². The maximum atomic E-state index is 12.1. The van der Waals surface area contributed by atoms with Crippen LogP contribution in [0, 0.1) is 5.92 Å². The van der Waals surface area contributed by atoms with Crippen molar-refractivity contribution >= 4 is 23.6 Å². The molecular weight excluding hydrogens is 286 g/mol. The molecule has 0 heterocycles. The van der Waals surface area contributed by atoms with Crippen LogP contribution < -0.4 is 5.32 Å². The summed E-state index contributed by atoms with van der Waals surface area (Å²) < 4.78 is 0. The van der Waals surface area contributed by atoms with E-state index in [2.05, 4.69) is 19.2 Å². The molecule has 4 nitrogen and oxygen atoms in total. The fourth-order valence-electron chi connectivity index (χ4n) is 2.56. The highest BCUT2D eigenvalue weighted by molar-refractivity contribution is 7.99. The molecule has 1 aliphatic carbocycles. The Morgan fingerprint density at radius 1 is 1.24 bits per heavy atom. The third-order valence-electron chi connectivity index (χ3n) is 3.61. The van der Waals surface area contributed by atoms with Crippen molar-refractivity contribution in [1.82, 2.24) is 5.32 Å². The van der Waals surface area contributed by atoms with Gasteiger partial charge in [-0.25, -0.2) is 0 Å². The van der Waals surface area contributed by atoms with Crippen LogP contribution in [0.25, 0.3) is 0 Å². The molecule has 1 amide bonds. The van der Waals surface area contributed by atoms with Gasteiger partial charge in [-0.3, -0.25) is 9.59 Å². The Labute approximate surface area is 129 Å². The van der Waals surface area contributed by atoms with Crippen molar-refractivity contribution in [1.29, 1.82) is 0 Å². The monoisotopic (exact) mass is 307 g/mol. The average Bonchev–Trinajstić information content (AvgIpc) is 2.87. The topological polar surface area (TPSA) is 66.4 Å². The molecule has 1 aliphatic rings. The second-order valence-electron chi connectivity index (χ2n) is 5.71. The van der Waals surface area contributed by atoms with Gasteiger partial charge in [0.2, 0.25) is 0 Å². The summed E-state index contributed by atoms with van der Waals surface area (Å²) in [5.41, 5.74) is 0.627.